The number of hydrogen-bond acceptors (Lipinski definition) is 9. The van der Waals surface area contributed by atoms with E-state index in [0.717, 1.165) is 43.3 Å². The van der Waals surface area contributed by atoms with Crippen LogP contribution >= 0.6 is 23.4 Å². The number of nitrogens with two attached hydrogens (primary N) is 2. The van der Waals surface area contributed by atoms with E-state index >= 15 is 0 Å². The van der Waals surface area contributed by atoms with Crippen LogP contribution < -0.4 is 16.4 Å². The van der Waals surface area contributed by atoms with Gasteiger partial charge in [-0.25, -0.2) is 9.97 Å². The Labute approximate surface area is 160 Å². The Balaban J connectivity index is 1.46. The summed E-state index contributed by atoms with van der Waals surface area (Å²) in [6, 6.07) is 1.89. The van der Waals surface area contributed by atoms with Crippen LogP contribution in [-0.4, -0.2) is 52.5 Å². The van der Waals surface area contributed by atoms with Crippen LogP contribution in [0.1, 0.15) is 12.8 Å². The molecule has 4 N–H and O–H groups in total. The van der Waals surface area contributed by atoms with Crippen LogP contribution in [-0.2, 0) is 4.74 Å². The Morgan fingerprint density at radius 2 is 2.15 bits per heavy atom. The van der Waals surface area contributed by atoms with Gasteiger partial charge in [0.1, 0.15) is 10.8 Å². The zero-order valence-corrected chi connectivity index (χ0v) is 15.7. The van der Waals surface area contributed by atoms with E-state index in [1.807, 2.05) is 0 Å². The van der Waals surface area contributed by atoms with Crippen LogP contribution in [0.4, 0.5) is 11.6 Å². The zero-order valence-electron chi connectivity index (χ0n) is 14.1. The number of halogens is 1. The lowest BCUT2D eigenvalue weighted by Gasteiger charge is -2.41. The second-order valence-electron chi connectivity index (χ2n) is 6.68. The number of nitrogen functional groups attached to an aromatic ring is 1. The Bertz CT molecular complexity index is 800. The van der Waals surface area contributed by atoms with Crippen LogP contribution in [0.3, 0.4) is 0 Å². The molecule has 0 bridgehead atoms. The summed E-state index contributed by atoms with van der Waals surface area (Å²) >= 11 is 7.37. The molecule has 4 rings (SSSR count). The molecule has 0 radical (unpaired) electrons. The van der Waals surface area contributed by atoms with Crippen LogP contribution in [0.15, 0.2) is 28.4 Å². The quantitative estimate of drug-likeness (QED) is 0.801. The molecule has 138 valence electrons. The highest BCUT2D eigenvalue weighted by Gasteiger charge is 2.44. The van der Waals surface area contributed by atoms with Gasteiger partial charge in [0.05, 0.1) is 30.5 Å². The molecule has 1 spiro atoms. The summed E-state index contributed by atoms with van der Waals surface area (Å²) in [5.74, 6) is 1.16. The van der Waals surface area contributed by atoms with Gasteiger partial charge >= 0.3 is 0 Å². The van der Waals surface area contributed by atoms with Crippen molar-refractivity contribution in [3.63, 3.8) is 0 Å². The highest BCUT2D eigenvalue weighted by atomic mass is 35.5. The molecular formula is C16H20ClN7OS. The molecule has 0 aromatic carbocycles. The van der Waals surface area contributed by atoms with Crippen LogP contribution in [0.2, 0.25) is 5.15 Å². The van der Waals surface area contributed by atoms with Crippen molar-refractivity contribution in [2.75, 3.05) is 36.9 Å². The molecule has 1 unspecified atom stereocenters. The van der Waals surface area contributed by atoms with E-state index in [9.17, 15) is 0 Å². The average Bonchev–Trinajstić information content (AvgIpc) is 2.99. The van der Waals surface area contributed by atoms with Crippen molar-refractivity contribution in [2.45, 2.75) is 28.8 Å². The number of piperidine rings is 1. The Morgan fingerprint density at radius 1 is 1.35 bits per heavy atom. The molecule has 0 amide bonds. The molecule has 2 aliphatic heterocycles. The SMILES string of the molecule is Nc1nc(N2CCC3(CC2)COCC3N)cnc1Sc1ccnnc1Cl. The second kappa shape index (κ2) is 7.15. The maximum atomic E-state index is 6.24. The van der Waals surface area contributed by atoms with Gasteiger partial charge < -0.3 is 21.1 Å². The van der Waals surface area contributed by atoms with Crippen LogP contribution in [0.5, 0.6) is 0 Å². The van der Waals surface area contributed by atoms with Crippen molar-refractivity contribution in [2.24, 2.45) is 11.1 Å². The molecule has 4 heterocycles. The average molecular weight is 394 g/mol. The molecule has 2 aromatic rings. The van der Waals surface area contributed by atoms with E-state index in [-0.39, 0.29) is 11.5 Å². The van der Waals surface area contributed by atoms with Crippen molar-refractivity contribution in [1.82, 2.24) is 20.2 Å². The molecule has 0 aliphatic carbocycles. The summed E-state index contributed by atoms with van der Waals surface area (Å²) in [5.41, 5.74) is 12.5. The predicted octanol–water partition coefficient (Wildman–Crippen LogP) is 1.60. The number of anilines is 2. The third kappa shape index (κ3) is 3.32. The van der Waals surface area contributed by atoms with E-state index in [2.05, 4.69) is 25.1 Å². The fourth-order valence-corrected chi connectivity index (χ4v) is 4.41. The van der Waals surface area contributed by atoms with Crippen molar-refractivity contribution < 1.29 is 4.74 Å². The van der Waals surface area contributed by atoms with Gasteiger partial charge in [0.25, 0.3) is 0 Å². The van der Waals surface area contributed by atoms with Crippen LogP contribution in [0, 0.1) is 5.41 Å². The van der Waals surface area contributed by atoms with E-state index in [4.69, 9.17) is 27.8 Å². The second-order valence-corrected chi connectivity index (χ2v) is 8.07. The molecule has 2 fully saturated rings. The minimum atomic E-state index is 0.107. The number of nitrogens with zero attached hydrogens (tertiary/aromatic N) is 5. The summed E-state index contributed by atoms with van der Waals surface area (Å²) in [6.07, 6.45) is 5.31. The number of ether oxygens (including phenoxy) is 1. The van der Waals surface area contributed by atoms with Crippen molar-refractivity contribution in [3.05, 3.63) is 23.6 Å². The number of aromatic nitrogens is 4. The maximum absolute atomic E-state index is 6.24. The zero-order chi connectivity index (χ0) is 18.1. The van der Waals surface area contributed by atoms with Crippen molar-refractivity contribution >= 4 is 35.0 Å². The lowest BCUT2D eigenvalue weighted by atomic mass is 9.75. The highest BCUT2D eigenvalue weighted by molar-refractivity contribution is 7.99. The molecule has 26 heavy (non-hydrogen) atoms. The van der Waals surface area contributed by atoms with Gasteiger partial charge in [0.15, 0.2) is 11.0 Å². The Morgan fingerprint density at radius 3 is 2.81 bits per heavy atom. The normalized spacial score (nSPS) is 22.1. The summed E-state index contributed by atoms with van der Waals surface area (Å²) in [6.45, 7) is 3.16. The predicted molar refractivity (Wildman–Crippen MR) is 100 cm³/mol. The third-order valence-electron chi connectivity index (χ3n) is 5.16. The topological polar surface area (TPSA) is 116 Å². The molecule has 1 atom stereocenters. The summed E-state index contributed by atoms with van der Waals surface area (Å²) < 4.78 is 5.58. The minimum Gasteiger partial charge on any atom is -0.381 e. The largest absolute Gasteiger partial charge is 0.381 e. The van der Waals surface area contributed by atoms with Gasteiger partial charge in [-0.3, -0.25) is 0 Å². The maximum Gasteiger partial charge on any atom is 0.165 e. The van der Waals surface area contributed by atoms with Crippen molar-refractivity contribution in [1.29, 1.82) is 0 Å². The lowest BCUT2D eigenvalue weighted by Crippen LogP contribution is -2.49. The molecule has 0 saturated carbocycles. The first-order valence-electron chi connectivity index (χ1n) is 8.43. The van der Waals surface area contributed by atoms with Gasteiger partial charge in [-0.2, -0.15) is 5.10 Å². The van der Waals surface area contributed by atoms with Crippen LogP contribution in [0.25, 0.3) is 0 Å². The van der Waals surface area contributed by atoms with Gasteiger partial charge in [-0.1, -0.05) is 23.4 Å². The molecule has 2 saturated heterocycles. The Kier molecular flexibility index (Phi) is 4.87. The monoisotopic (exact) mass is 393 g/mol. The summed E-state index contributed by atoms with van der Waals surface area (Å²) in [4.78, 5) is 12.0. The summed E-state index contributed by atoms with van der Waals surface area (Å²) in [5, 5.41) is 8.47. The first kappa shape index (κ1) is 17.7. The fraction of sp³-hybridized carbons (Fsp3) is 0.500. The van der Waals surface area contributed by atoms with Gasteiger partial charge in [0, 0.05) is 24.5 Å². The molecule has 2 aromatic heterocycles. The fourth-order valence-electron chi connectivity index (χ4n) is 3.47. The van der Waals surface area contributed by atoms with Gasteiger partial charge in [0.2, 0.25) is 0 Å². The third-order valence-corrected chi connectivity index (χ3v) is 6.60. The molecule has 2 aliphatic rings. The van der Waals surface area contributed by atoms with E-state index in [0.29, 0.717) is 22.6 Å². The lowest BCUT2D eigenvalue weighted by molar-refractivity contribution is 0.131. The van der Waals surface area contributed by atoms with Crippen molar-refractivity contribution in [3.8, 4) is 0 Å². The molecular weight excluding hydrogens is 374 g/mol. The summed E-state index contributed by atoms with van der Waals surface area (Å²) in [7, 11) is 0. The van der Waals surface area contributed by atoms with E-state index in [1.54, 1.807) is 18.5 Å². The first-order chi connectivity index (χ1) is 12.6. The van der Waals surface area contributed by atoms with E-state index in [1.165, 1.54) is 11.8 Å². The standard InChI is InChI=1S/C16H20ClN7OS/c17-13-10(1-4-21-23-13)26-15-14(19)22-12(7-20-15)24-5-2-16(3-6-24)9-25-8-11(16)18/h1,4,7,11H,2-3,5-6,8-9,18H2,(H2,19,22). The molecule has 8 nitrogen and oxygen atoms in total. The molecule has 10 heteroatoms. The van der Waals surface area contributed by atoms with Gasteiger partial charge in [-0.05, 0) is 18.9 Å². The number of rotatable bonds is 3. The van der Waals surface area contributed by atoms with Gasteiger partial charge in [-0.15, -0.1) is 5.10 Å². The minimum absolute atomic E-state index is 0.107. The Hall–Kier alpha value is -1.68. The first-order valence-corrected chi connectivity index (χ1v) is 9.63. The number of hydrogen-bond donors (Lipinski definition) is 2. The highest BCUT2D eigenvalue weighted by Crippen LogP contribution is 2.40. The smallest absolute Gasteiger partial charge is 0.165 e. The van der Waals surface area contributed by atoms with E-state index < -0.39 is 0 Å².